The van der Waals surface area contributed by atoms with Crippen LogP contribution >= 0.6 is 0 Å². The Balaban J connectivity index is 1.89. The zero-order valence-electron chi connectivity index (χ0n) is 11.0. The number of nitrogens with one attached hydrogen (secondary N) is 1. The molecule has 1 aliphatic heterocycles. The van der Waals surface area contributed by atoms with Crippen LogP contribution in [0.5, 0.6) is 0 Å². The van der Waals surface area contributed by atoms with E-state index in [1.165, 1.54) is 11.2 Å². The van der Waals surface area contributed by atoms with Gasteiger partial charge < -0.3 is 4.98 Å². The van der Waals surface area contributed by atoms with E-state index in [1.807, 2.05) is 24.3 Å². The lowest BCUT2D eigenvalue weighted by Crippen LogP contribution is -2.39. The van der Waals surface area contributed by atoms with E-state index in [1.54, 1.807) is 18.3 Å². The molecule has 0 bridgehead atoms. The van der Waals surface area contributed by atoms with Crippen LogP contribution in [0, 0.1) is 0 Å². The van der Waals surface area contributed by atoms with Gasteiger partial charge in [-0.2, -0.15) is 0 Å². The fraction of sp³-hybridized carbons (Fsp3) is 0.0625. The van der Waals surface area contributed by atoms with Gasteiger partial charge in [0.15, 0.2) is 0 Å². The monoisotopic (exact) mass is 277 g/mol. The van der Waals surface area contributed by atoms with Crippen LogP contribution in [0.25, 0.3) is 10.8 Å². The molecule has 0 saturated carbocycles. The zero-order chi connectivity index (χ0) is 14.4. The molecule has 5 heteroatoms. The average molecular weight is 277 g/mol. The smallest absolute Gasteiger partial charge is 0.261 e. The third-order valence-electron chi connectivity index (χ3n) is 3.74. The van der Waals surface area contributed by atoms with E-state index in [0.29, 0.717) is 11.1 Å². The van der Waals surface area contributed by atoms with Crippen molar-refractivity contribution in [3.63, 3.8) is 0 Å². The summed E-state index contributed by atoms with van der Waals surface area (Å²) in [5, 5.41) is 1.66. The highest BCUT2D eigenvalue weighted by Crippen LogP contribution is 2.30. The quantitative estimate of drug-likeness (QED) is 0.731. The summed E-state index contributed by atoms with van der Waals surface area (Å²) in [5.74, 6) is -0.530. The minimum atomic E-state index is -0.265. The first-order valence-electron chi connectivity index (χ1n) is 6.61. The van der Waals surface area contributed by atoms with E-state index in [2.05, 4.69) is 9.97 Å². The maximum atomic E-state index is 12.6. The molecule has 0 atom stereocenters. The Morgan fingerprint density at radius 1 is 1.00 bits per heavy atom. The first-order valence-corrected chi connectivity index (χ1v) is 6.61. The first-order chi connectivity index (χ1) is 10.3. The number of carbonyl (C=O) groups excluding carboxylic acids is 2. The number of rotatable bonds is 2. The maximum absolute atomic E-state index is 12.6. The molecular formula is C16H11N3O2. The number of benzene rings is 2. The van der Waals surface area contributed by atoms with Crippen molar-refractivity contribution in [2.24, 2.45) is 0 Å². The van der Waals surface area contributed by atoms with Crippen LogP contribution in [-0.4, -0.2) is 26.7 Å². The maximum Gasteiger partial charge on any atom is 0.261 e. The van der Waals surface area contributed by atoms with Crippen molar-refractivity contribution in [3.05, 3.63) is 65.7 Å². The van der Waals surface area contributed by atoms with Gasteiger partial charge in [0, 0.05) is 22.7 Å². The van der Waals surface area contributed by atoms with Crippen molar-refractivity contribution in [1.29, 1.82) is 0 Å². The van der Waals surface area contributed by atoms with Crippen molar-refractivity contribution in [3.8, 4) is 0 Å². The minimum absolute atomic E-state index is 0.197. The number of H-pyrrole nitrogens is 1. The standard InChI is InChI=1S/C16H11N3O2/c20-15-12-5-1-3-10-4-2-6-13(14(10)12)16(21)19(15)8-11-7-17-9-18-11/h1-7,9H,8H2,(H,17,18). The van der Waals surface area contributed by atoms with Crippen molar-refractivity contribution >= 4 is 22.6 Å². The molecule has 0 aliphatic carbocycles. The highest BCUT2D eigenvalue weighted by atomic mass is 16.2. The second-order valence-corrected chi connectivity index (χ2v) is 4.98. The number of imidazole rings is 1. The van der Waals surface area contributed by atoms with Crippen LogP contribution < -0.4 is 0 Å². The number of hydrogen-bond acceptors (Lipinski definition) is 3. The summed E-state index contributed by atoms with van der Waals surface area (Å²) in [6, 6.07) is 11.0. The van der Waals surface area contributed by atoms with E-state index >= 15 is 0 Å². The van der Waals surface area contributed by atoms with Gasteiger partial charge in [-0.3, -0.25) is 14.5 Å². The van der Waals surface area contributed by atoms with E-state index in [9.17, 15) is 9.59 Å². The van der Waals surface area contributed by atoms with E-state index in [4.69, 9.17) is 0 Å². The summed E-state index contributed by atoms with van der Waals surface area (Å²) in [4.78, 5) is 33.3. The lowest BCUT2D eigenvalue weighted by molar-refractivity contribution is 0.0596. The molecule has 0 spiro atoms. The third-order valence-corrected chi connectivity index (χ3v) is 3.74. The topological polar surface area (TPSA) is 66.1 Å². The molecule has 1 N–H and O–H groups in total. The molecule has 0 saturated heterocycles. The van der Waals surface area contributed by atoms with Gasteiger partial charge in [0.05, 0.1) is 18.6 Å². The predicted octanol–water partition coefficient (Wildman–Crippen LogP) is 2.36. The van der Waals surface area contributed by atoms with Crippen molar-refractivity contribution in [1.82, 2.24) is 14.9 Å². The number of aromatic nitrogens is 2. The lowest BCUT2D eigenvalue weighted by atomic mass is 9.94. The number of aromatic amines is 1. The third kappa shape index (κ3) is 1.67. The van der Waals surface area contributed by atoms with E-state index < -0.39 is 0 Å². The summed E-state index contributed by atoms with van der Waals surface area (Å²) < 4.78 is 0. The molecule has 2 heterocycles. The summed E-state index contributed by atoms with van der Waals surface area (Å²) in [5.41, 5.74) is 1.87. The number of amides is 2. The van der Waals surface area contributed by atoms with Crippen molar-refractivity contribution in [2.45, 2.75) is 6.54 Å². The highest BCUT2D eigenvalue weighted by Gasteiger charge is 2.32. The number of imide groups is 1. The molecule has 5 nitrogen and oxygen atoms in total. The lowest BCUT2D eigenvalue weighted by Gasteiger charge is -2.26. The van der Waals surface area contributed by atoms with Crippen LogP contribution in [-0.2, 0) is 6.54 Å². The van der Waals surface area contributed by atoms with Gasteiger partial charge in [-0.05, 0) is 17.5 Å². The summed E-state index contributed by atoms with van der Waals surface area (Å²) in [6.07, 6.45) is 3.14. The molecule has 4 rings (SSSR count). The normalized spacial score (nSPS) is 14.0. The summed E-state index contributed by atoms with van der Waals surface area (Å²) in [6.45, 7) is 0.197. The largest absolute Gasteiger partial charge is 0.347 e. The molecule has 2 aromatic carbocycles. The predicted molar refractivity (Wildman–Crippen MR) is 76.7 cm³/mol. The summed E-state index contributed by atoms with van der Waals surface area (Å²) in [7, 11) is 0. The molecule has 2 amide bonds. The Labute approximate surface area is 120 Å². The molecule has 0 fully saturated rings. The van der Waals surface area contributed by atoms with Crippen LogP contribution in [0.15, 0.2) is 48.9 Å². The van der Waals surface area contributed by atoms with Gasteiger partial charge >= 0.3 is 0 Å². The molecule has 3 aromatic rings. The van der Waals surface area contributed by atoms with Gasteiger partial charge in [-0.25, -0.2) is 4.98 Å². The average Bonchev–Trinajstić information content (AvgIpc) is 3.02. The highest BCUT2D eigenvalue weighted by molar-refractivity contribution is 6.25. The van der Waals surface area contributed by atoms with Crippen molar-refractivity contribution < 1.29 is 9.59 Å². The fourth-order valence-electron chi connectivity index (χ4n) is 2.77. The van der Waals surface area contributed by atoms with Gasteiger partial charge in [0.2, 0.25) is 0 Å². The molecule has 102 valence electrons. The molecule has 1 aromatic heterocycles. The number of carbonyl (C=O) groups is 2. The fourth-order valence-corrected chi connectivity index (χ4v) is 2.77. The second kappa shape index (κ2) is 4.28. The Morgan fingerprint density at radius 3 is 2.24 bits per heavy atom. The minimum Gasteiger partial charge on any atom is -0.347 e. The molecule has 21 heavy (non-hydrogen) atoms. The molecule has 0 unspecified atom stereocenters. The van der Waals surface area contributed by atoms with Crippen LogP contribution in [0.4, 0.5) is 0 Å². The Morgan fingerprint density at radius 2 is 1.67 bits per heavy atom. The molecule has 0 radical (unpaired) electrons. The van der Waals surface area contributed by atoms with E-state index in [0.717, 1.165) is 16.5 Å². The Kier molecular flexibility index (Phi) is 2.41. The van der Waals surface area contributed by atoms with Crippen molar-refractivity contribution in [2.75, 3.05) is 0 Å². The summed E-state index contributed by atoms with van der Waals surface area (Å²) >= 11 is 0. The molecular weight excluding hydrogens is 266 g/mol. The SMILES string of the molecule is O=C1c2cccc3cccc(c23)C(=O)N1Cc1cnc[nH]1. The van der Waals surface area contributed by atoms with Gasteiger partial charge in [-0.15, -0.1) is 0 Å². The van der Waals surface area contributed by atoms with Crippen LogP contribution in [0.3, 0.4) is 0 Å². The Hall–Kier alpha value is -2.95. The van der Waals surface area contributed by atoms with Crippen LogP contribution in [0.2, 0.25) is 0 Å². The number of hydrogen-bond donors (Lipinski definition) is 1. The number of nitrogens with zero attached hydrogens (tertiary/aromatic N) is 2. The Bertz CT molecular complexity index is 818. The first kappa shape index (κ1) is 11.8. The molecule has 1 aliphatic rings. The zero-order valence-corrected chi connectivity index (χ0v) is 11.0. The van der Waals surface area contributed by atoms with E-state index in [-0.39, 0.29) is 18.4 Å². The second-order valence-electron chi connectivity index (χ2n) is 4.98. The van der Waals surface area contributed by atoms with Gasteiger partial charge in [0.25, 0.3) is 11.8 Å². The van der Waals surface area contributed by atoms with Crippen LogP contribution in [0.1, 0.15) is 26.4 Å². The van der Waals surface area contributed by atoms with Gasteiger partial charge in [0.1, 0.15) is 0 Å². The van der Waals surface area contributed by atoms with Gasteiger partial charge in [-0.1, -0.05) is 24.3 Å².